The largest absolute Gasteiger partial charge is 0.494 e. The highest BCUT2D eigenvalue weighted by molar-refractivity contribution is 7.09. The van der Waals surface area contributed by atoms with Gasteiger partial charge < -0.3 is 9.84 Å². The third-order valence-corrected chi connectivity index (χ3v) is 4.10. The quantitative estimate of drug-likeness (QED) is 0.786. The van der Waals surface area contributed by atoms with Gasteiger partial charge in [0.15, 0.2) is 0 Å². The molecular formula is C15H15N3O2S. The van der Waals surface area contributed by atoms with Crippen molar-refractivity contribution < 1.29 is 9.84 Å². The molecule has 21 heavy (non-hydrogen) atoms. The Bertz CT molecular complexity index is 722. The van der Waals surface area contributed by atoms with Gasteiger partial charge in [-0.3, -0.25) is 0 Å². The van der Waals surface area contributed by atoms with Crippen LogP contribution < -0.4 is 4.74 Å². The number of aromatic nitrogens is 3. The molecule has 0 atom stereocenters. The van der Waals surface area contributed by atoms with Crippen LogP contribution in [0.4, 0.5) is 0 Å². The van der Waals surface area contributed by atoms with Crippen LogP contribution in [0, 0.1) is 0 Å². The first-order valence-corrected chi connectivity index (χ1v) is 7.41. The maximum atomic E-state index is 9.49. The molecule has 5 nitrogen and oxygen atoms in total. The van der Waals surface area contributed by atoms with Crippen molar-refractivity contribution in [2.75, 3.05) is 7.11 Å². The Kier molecular flexibility index (Phi) is 3.98. The van der Waals surface area contributed by atoms with Crippen LogP contribution in [0.2, 0.25) is 0 Å². The highest BCUT2D eigenvalue weighted by Gasteiger charge is 2.17. The summed E-state index contributed by atoms with van der Waals surface area (Å²) in [6, 6.07) is 11.7. The lowest BCUT2D eigenvalue weighted by atomic mass is 10.2. The van der Waals surface area contributed by atoms with E-state index in [2.05, 4.69) is 16.4 Å². The Balaban J connectivity index is 2.08. The first-order valence-electron chi connectivity index (χ1n) is 6.53. The average Bonchev–Trinajstić information content (AvgIpc) is 3.17. The molecule has 0 fully saturated rings. The fourth-order valence-electron chi connectivity index (χ4n) is 2.21. The van der Waals surface area contributed by atoms with Gasteiger partial charge in [-0.1, -0.05) is 23.4 Å². The van der Waals surface area contributed by atoms with E-state index in [0.29, 0.717) is 12.1 Å². The van der Waals surface area contributed by atoms with Gasteiger partial charge in [0, 0.05) is 11.3 Å². The molecule has 0 saturated carbocycles. The summed E-state index contributed by atoms with van der Waals surface area (Å²) in [5, 5.41) is 19.8. The highest BCUT2D eigenvalue weighted by Crippen LogP contribution is 2.25. The summed E-state index contributed by atoms with van der Waals surface area (Å²) in [5.74, 6) is 0.722. The third kappa shape index (κ3) is 2.68. The van der Waals surface area contributed by atoms with Crippen molar-refractivity contribution in [2.24, 2.45) is 0 Å². The van der Waals surface area contributed by atoms with Gasteiger partial charge in [-0.25, -0.2) is 4.68 Å². The van der Waals surface area contributed by atoms with Crippen LogP contribution in [0.15, 0.2) is 41.8 Å². The zero-order valence-corrected chi connectivity index (χ0v) is 12.4. The van der Waals surface area contributed by atoms with Gasteiger partial charge in [-0.05, 0) is 23.6 Å². The first-order chi connectivity index (χ1) is 10.3. The predicted octanol–water partition coefficient (Wildman–Crippen LogP) is 2.42. The Hall–Kier alpha value is -2.18. The van der Waals surface area contributed by atoms with E-state index >= 15 is 0 Å². The minimum absolute atomic E-state index is 0.129. The van der Waals surface area contributed by atoms with Crippen LogP contribution in [0.25, 0.3) is 5.69 Å². The van der Waals surface area contributed by atoms with E-state index in [0.717, 1.165) is 17.1 Å². The van der Waals surface area contributed by atoms with Crippen molar-refractivity contribution in [1.82, 2.24) is 15.0 Å². The van der Waals surface area contributed by atoms with E-state index in [-0.39, 0.29) is 6.61 Å². The average molecular weight is 301 g/mol. The number of aliphatic hydroxyl groups is 1. The van der Waals surface area contributed by atoms with Gasteiger partial charge >= 0.3 is 0 Å². The van der Waals surface area contributed by atoms with E-state index in [4.69, 9.17) is 4.74 Å². The van der Waals surface area contributed by atoms with E-state index in [1.54, 1.807) is 23.1 Å². The number of thiophene rings is 1. The van der Waals surface area contributed by atoms with Crippen molar-refractivity contribution in [3.05, 3.63) is 58.0 Å². The van der Waals surface area contributed by atoms with E-state index in [1.165, 1.54) is 4.88 Å². The summed E-state index contributed by atoms with van der Waals surface area (Å²) in [4.78, 5) is 1.20. The predicted molar refractivity (Wildman–Crippen MR) is 81.0 cm³/mol. The first kappa shape index (κ1) is 13.8. The monoisotopic (exact) mass is 301 g/mol. The summed E-state index contributed by atoms with van der Waals surface area (Å²) in [6.45, 7) is -0.129. The standard InChI is InChI=1S/C15H15N3O2S/c1-20-15-7-3-2-6-13(15)18-14(12(10-19)16-17-18)9-11-5-4-8-21-11/h2-8,19H,9-10H2,1H3. The summed E-state index contributed by atoms with van der Waals surface area (Å²) in [6.07, 6.45) is 0.679. The number of para-hydroxylation sites is 2. The fraction of sp³-hybridized carbons (Fsp3) is 0.200. The molecular weight excluding hydrogens is 286 g/mol. The number of hydrogen-bond acceptors (Lipinski definition) is 5. The molecule has 0 spiro atoms. The zero-order valence-electron chi connectivity index (χ0n) is 11.6. The minimum Gasteiger partial charge on any atom is -0.494 e. The molecule has 3 aromatic rings. The summed E-state index contributed by atoms with van der Waals surface area (Å²) >= 11 is 1.67. The molecule has 2 heterocycles. The number of methoxy groups -OCH3 is 1. The molecule has 108 valence electrons. The molecule has 3 rings (SSSR count). The molecule has 0 unspecified atom stereocenters. The Morgan fingerprint density at radius 2 is 2.10 bits per heavy atom. The van der Waals surface area contributed by atoms with Gasteiger partial charge in [0.2, 0.25) is 0 Å². The van der Waals surface area contributed by atoms with Crippen LogP contribution >= 0.6 is 11.3 Å². The molecule has 0 aliphatic heterocycles. The van der Waals surface area contributed by atoms with Crippen LogP contribution in [-0.4, -0.2) is 27.2 Å². The van der Waals surface area contributed by atoms with Crippen LogP contribution in [-0.2, 0) is 13.0 Å². The molecule has 0 aliphatic carbocycles. The molecule has 0 aliphatic rings. The van der Waals surface area contributed by atoms with Gasteiger partial charge in [-0.2, -0.15) is 0 Å². The zero-order chi connectivity index (χ0) is 14.7. The minimum atomic E-state index is -0.129. The molecule has 0 radical (unpaired) electrons. The van der Waals surface area contributed by atoms with E-state index < -0.39 is 0 Å². The fourth-order valence-corrected chi connectivity index (χ4v) is 2.92. The number of rotatable bonds is 5. The van der Waals surface area contributed by atoms with E-state index in [9.17, 15) is 5.11 Å². The molecule has 1 aromatic carbocycles. The Labute approximate surface area is 126 Å². The van der Waals surface area contributed by atoms with Crippen LogP contribution in [0.5, 0.6) is 5.75 Å². The van der Waals surface area contributed by atoms with Crippen molar-refractivity contribution in [2.45, 2.75) is 13.0 Å². The van der Waals surface area contributed by atoms with E-state index in [1.807, 2.05) is 35.7 Å². The summed E-state index contributed by atoms with van der Waals surface area (Å²) in [7, 11) is 1.63. The molecule has 0 amide bonds. The topological polar surface area (TPSA) is 60.2 Å². The smallest absolute Gasteiger partial charge is 0.144 e. The lowest BCUT2D eigenvalue weighted by molar-refractivity contribution is 0.275. The third-order valence-electron chi connectivity index (χ3n) is 3.23. The van der Waals surface area contributed by atoms with Crippen molar-refractivity contribution in [1.29, 1.82) is 0 Å². The molecule has 6 heteroatoms. The second-order valence-electron chi connectivity index (χ2n) is 4.48. The Morgan fingerprint density at radius 3 is 2.81 bits per heavy atom. The number of ether oxygens (including phenoxy) is 1. The summed E-state index contributed by atoms with van der Waals surface area (Å²) in [5.41, 5.74) is 2.29. The van der Waals surface area contributed by atoms with Gasteiger partial charge in [0.05, 0.1) is 19.4 Å². The van der Waals surface area contributed by atoms with Gasteiger partial charge in [0.25, 0.3) is 0 Å². The molecule has 1 N–H and O–H groups in total. The van der Waals surface area contributed by atoms with Gasteiger partial charge in [-0.15, -0.1) is 16.4 Å². The summed E-state index contributed by atoms with van der Waals surface area (Å²) < 4.78 is 7.12. The normalized spacial score (nSPS) is 10.8. The number of hydrogen-bond donors (Lipinski definition) is 1. The van der Waals surface area contributed by atoms with Gasteiger partial charge in [0.1, 0.15) is 17.1 Å². The maximum Gasteiger partial charge on any atom is 0.144 e. The number of aliphatic hydroxyl groups excluding tert-OH is 1. The molecule has 0 saturated heterocycles. The lowest BCUT2D eigenvalue weighted by Crippen LogP contribution is -2.06. The van der Waals surface area contributed by atoms with Crippen molar-refractivity contribution in [3.8, 4) is 11.4 Å². The second kappa shape index (κ2) is 6.07. The maximum absolute atomic E-state index is 9.49. The van der Waals surface area contributed by atoms with Crippen LogP contribution in [0.1, 0.15) is 16.3 Å². The second-order valence-corrected chi connectivity index (χ2v) is 5.51. The van der Waals surface area contributed by atoms with Crippen molar-refractivity contribution >= 4 is 11.3 Å². The van der Waals surface area contributed by atoms with Crippen LogP contribution in [0.3, 0.4) is 0 Å². The molecule has 2 aromatic heterocycles. The SMILES string of the molecule is COc1ccccc1-n1nnc(CO)c1Cc1cccs1. The number of nitrogens with zero attached hydrogens (tertiary/aromatic N) is 3. The Morgan fingerprint density at radius 1 is 1.24 bits per heavy atom. The molecule has 0 bridgehead atoms. The number of benzene rings is 1. The highest BCUT2D eigenvalue weighted by atomic mass is 32.1. The van der Waals surface area contributed by atoms with Crippen molar-refractivity contribution in [3.63, 3.8) is 0 Å². The lowest BCUT2D eigenvalue weighted by Gasteiger charge is -2.10.